The van der Waals surface area contributed by atoms with Crippen molar-refractivity contribution in [3.63, 3.8) is 0 Å². The van der Waals surface area contributed by atoms with Gasteiger partial charge in [-0.05, 0) is 18.6 Å². The Labute approximate surface area is 75.8 Å². The van der Waals surface area contributed by atoms with Crippen molar-refractivity contribution in [2.75, 3.05) is 0 Å². The Morgan fingerprint density at radius 2 is 2.31 bits per heavy atom. The summed E-state index contributed by atoms with van der Waals surface area (Å²) in [6.07, 6.45) is 1.03. The number of fused-ring (bicyclic) bond motifs is 1. The van der Waals surface area contributed by atoms with Crippen LogP contribution >= 0.6 is 0 Å². The van der Waals surface area contributed by atoms with E-state index in [1.807, 2.05) is 10.7 Å². The van der Waals surface area contributed by atoms with Gasteiger partial charge >= 0.3 is 0 Å². The Bertz CT molecular complexity index is 422. The summed E-state index contributed by atoms with van der Waals surface area (Å²) in [7, 11) is 0. The normalized spacial score (nSPS) is 10.8. The highest BCUT2D eigenvalue weighted by Gasteiger charge is 2.03. The van der Waals surface area contributed by atoms with Gasteiger partial charge in [0.1, 0.15) is 11.3 Å². The third-order valence-corrected chi connectivity index (χ3v) is 1.93. The number of phenols is 1. The summed E-state index contributed by atoms with van der Waals surface area (Å²) in [6, 6.07) is 5.10. The lowest BCUT2D eigenvalue weighted by Gasteiger charge is -1.97. The van der Waals surface area contributed by atoms with Crippen LogP contribution in [0.1, 0.15) is 13.3 Å². The predicted molar refractivity (Wildman–Crippen MR) is 49.5 cm³/mol. The number of aryl methyl sites for hydroxylation is 1. The molecule has 1 N–H and O–H groups in total. The second-order valence-electron chi connectivity index (χ2n) is 2.99. The minimum atomic E-state index is 0.232. The van der Waals surface area contributed by atoms with E-state index in [0.29, 0.717) is 0 Å². The molecule has 0 aliphatic carbocycles. The highest BCUT2D eigenvalue weighted by atomic mass is 16.3. The SMILES string of the molecule is CCCn1nnc2cc(O)ccc21. The second-order valence-corrected chi connectivity index (χ2v) is 2.99. The van der Waals surface area contributed by atoms with E-state index in [1.165, 1.54) is 0 Å². The van der Waals surface area contributed by atoms with E-state index in [1.54, 1.807) is 12.1 Å². The molecule has 0 atom stereocenters. The molecule has 68 valence electrons. The number of benzene rings is 1. The largest absolute Gasteiger partial charge is 0.508 e. The third kappa shape index (κ3) is 1.35. The van der Waals surface area contributed by atoms with Gasteiger partial charge in [-0.3, -0.25) is 0 Å². The van der Waals surface area contributed by atoms with E-state index in [0.717, 1.165) is 24.0 Å². The molecule has 0 aliphatic heterocycles. The van der Waals surface area contributed by atoms with Crippen molar-refractivity contribution in [2.24, 2.45) is 0 Å². The summed E-state index contributed by atoms with van der Waals surface area (Å²) in [5.74, 6) is 0.232. The van der Waals surface area contributed by atoms with Crippen LogP contribution in [-0.2, 0) is 6.54 Å². The lowest BCUT2D eigenvalue weighted by Crippen LogP contribution is -1.98. The Hall–Kier alpha value is -1.58. The maximum Gasteiger partial charge on any atom is 0.117 e. The molecular formula is C9H11N3O. The molecule has 0 saturated heterocycles. The van der Waals surface area contributed by atoms with Crippen LogP contribution in [0.25, 0.3) is 11.0 Å². The van der Waals surface area contributed by atoms with Gasteiger partial charge < -0.3 is 5.11 Å². The number of hydrogen-bond acceptors (Lipinski definition) is 3. The van der Waals surface area contributed by atoms with E-state index < -0.39 is 0 Å². The lowest BCUT2D eigenvalue weighted by molar-refractivity contribution is 0.476. The van der Waals surface area contributed by atoms with Crippen molar-refractivity contribution >= 4 is 11.0 Å². The average molecular weight is 177 g/mol. The maximum absolute atomic E-state index is 9.19. The Kier molecular flexibility index (Phi) is 1.88. The van der Waals surface area contributed by atoms with Gasteiger partial charge in [-0.15, -0.1) is 5.10 Å². The summed E-state index contributed by atoms with van der Waals surface area (Å²) < 4.78 is 1.84. The first-order valence-corrected chi connectivity index (χ1v) is 4.33. The molecule has 4 nitrogen and oxygen atoms in total. The molecule has 2 aromatic rings. The van der Waals surface area contributed by atoms with E-state index in [-0.39, 0.29) is 5.75 Å². The van der Waals surface area contributed by atoms with Crippen LogP contribution in [0.3, 0.4) is 0 Å². The van der Waals surface area contributed by atoms with Gasteiger partial charge in [-0.25, -0.2) is 4.68 Å². The summed E-state index contributed by atoms with van der Waals surface area (Å²) >= 11 is 0. The number of aromatic nitrogens is 3. The van der Waals surface area contributed by atoms with E-state index in [2.05, 4.69) is 17.2 Å². The molecule has 4 heteroatoms. The smallest absolute Gasteiger partial charge is 0.117 e. The molecule has 0 radical (unpaired) electrons. The first kappa shape index (κ1) is 8.04. The monoisotopic (exact) mass is 177 g/mol. The van der Waals surface area contributed by atoms with Crippen molar-refractivity contribution in [1.82, 2.24) is 15.0 Å². The molecule has 0 spiro atoms. The van der Waals surface area contributed by atoms with Gasteiger partial charge in [0, 0.05) is 12.6 Å². The quantitative estimate of drug-likeness (QED) is 0.757. The Morgan fingerprint density at radius 1 is 1.46 bits per heavy atom. The number of hydrogen-bond donors (Lipinski definition) is 1. The van der Waals surface area contributed by atoms with Crippen LogP contribution in [0.4, 0.5) is 0 Å². The molecule has 0 aliphatic rings. The Morgan fingerprint density at radius 3 is 3.08 bits per heavy atom. The van der Waals surface area contributed by atoms with Gasteiger partial charge in [0.2, 0.25) is 0 Å². The van der Waals surface area contributed by atoms with Crippen molar-refractivity contribution in [3.05, 3.63) is 18.2 Å². The summed E-state index contributed by atoms with van der Waals surface area (Å²) in [5, 5.41) is 17.1. The maximum atomic E-state index is 9.19. The standard InChI is InChI=1S/C9H11N3O/c1-2-5-12-9-4-3-7(13)6-8(9)10-11-12/h3-4,6,13H,2,5H2,1H3. The number of nitrogens with zero attached hydrogens (tertiary/aromatic N) is 3. The highest BCUT2D eigenvalue weighted by molar-refractivity contribution is 5.75. The first-order chi connectivity index (χ1) is 6.31. The number of phenolic OH excluding ortho intramolecular Hbond substituents is 1. The molecule has 0 amide bonds. The minimum absolute atomic E-state index is 0.232. The topological polar surface area (TPSA) is 50.9 Å². The molecule has 0 fully saturated rings. The van der Waals surface area contributed by atoms with Crippen LogP contribution in [0.15, 0.2) is 18.2 Å². The third-order valence-electron chi connectivity index (χ3n) is 1.93. The molecule has 1 heterocycles. The van der Waals surface area contributed by atoms with Gasteiger partial charge in [-0.1, -0.05) is 12.1 Å². The zero-order valence-electron chi connectivity index (χ0n) is 7.44. The lowest BCUT2D eigenvalue weighted by atomic mass is 10.3. The molecular weight excluding hydrogens is 166 g/mol. The zero-order valence-corrected chi connectivity index (χ0v) is 7.44. The molecule has 1 aromatic heterocycles. The van der Waals surface area contributed by atoms with E-state index in [9.17, 15) is 5.11 Å². The highest BCUT2D eigenvalue weighted by Crippen LogP contribution is 2.17. The van der Waals surface area contributed by atoms with Crippen molar-refractivity contribution < 1.29 is 5.11 Å². The fraction of sp³-hybridized carbons (Fsp3) is 0.333. The van der Waals surface area contributed by atoms with Crippen molar-refractivity contribution in [2.45, 2.75) is 19.9 Å². The van der Waals surface area contributed by atoms with E-state index in [4.69, 9.17) is 0 Å². The van der Waals surface area contributed by atoms with Gasteiger partial charge in [0.15, 0.2) is 0 Å². The van der Waals surface area contributed by atoms with Crippen molar-refractivity contribution in [3.8, 4) is 5.75 Å². The number of rotatable bonds is 2. The predicted octanol–water partition coefficient (Wildman–Crippen LogP) is 1.55. The Balaban J connectivity index is 2.55. The van der Waals surface area contributed by atoms with Gasteiger partial charge in [-0.2, -0.15) is 0 Å². The second kappa shape index (κ2) is 3.05. The molecule has 13 heavy (non-hydrogen) atoms. The fourth-order valence-electron chi connectivity index (χ4n) is 1.34. The van der Waals surface area contributed by atoms with Crippen LogP contribution < -0.4 is 0 Å². The fourth-order valence-corrected chi connectivity index (χ4v) is 1.34. The van der Waals surface area contributed by atoms with Crippen LogP contribution in [0, 0.1) is 0 Å². The average Bonchev–Trinajstić information content (AvgIpc) is 2.49. The van der Waals surface area contributed by atoms with Crippen molar-refractivity contribution in [1.29, 1.82) is 0 Å². The molecule has 0 unspecified atom stereocenters. The van der Waals surface area contributed by atoms with Crippen LogP contribution in [0.5, 0.6) is 5.75 Å². The van der Waals surface area contributed by atoms with E-state index >= 15 is 0 Å². The molecule has 1 aromatic carbocycles. The summed E-state index contributed by atoms with van der Waals surface area (Å²) in [4.78, 5) is 0. The zero-order chi connectivity index (χ0) is 9.26. The number of aromatic hydroxyl groups is 1. The minimum Gasteiger partial charge on any atom is -0.508 e. The molecule has 0 bridgehead atoms. The van der Waals surface area contributed by atoms with Gasteiger partial charge in [0.25, 0.3) is 0 Å². The summed E-state index contributed by atoms with van der Waals surface area (Å²) in [6.45, 7) is 2.95. The first-order valence-electron chi connectivity index (χ1n) is 4.33. The van der Waals surface area contributed by atoms with Crippen LogP contribution in [-0.4, -0.2) is 20.1 Å². The summed E-state index contributed by atoms with van der Waals surface area (Å²) in [5.41, 5.74) is 1.72. The molecule has 2 rings (SSSR count). The van der Waals surface area contributed by atoms with Gasteiger partial charge in [0.05, 0.1) is 5.52 Å². The molecule has 0 saturated carbocycles. The van der Waals surface area contributed by atoms with Crippen LogP contribution in [0.2, 0.25) is 0 Å².